The molecule has 0 radical (unpaired) electrons. The summed E-state index contributed by atoms with van der Waals surface area (Å²) in [6.07, 6.45) is 1.03. The third-order valence-corrected chi connectivity index (χ3v) is 3.11. The summed E-state index contributed by atoms with van der Waals surface area (Å²) in [4.78, 5) is 15.5. The highest BCUT2D eigenvalue weighted by molar-refractivity contribution is 7.80. The molecule has 0 spiro atoms. The third-order valence-electron chi connectivity index (χ3n) is 2.86. The summed E-state index contributed by atoms with van der Waals surface area (Å²) >= 11 is 5.23. The van der Waals surface area contributed by atoms with Crippen molar-refractivity contribution in [3.8, 4) is 0 Å². The molecule has 1 aromatic carbocycles. The fraction of sp³-hybridized carbons (Fsp3) is 0.467. The van der Waals surface area contributed by atoms with Crippen LogP contribution in [0.15, 0.2) is 24.3 Å². The highest BCUT2D eigenvalue weighted by atomic mass is 32.1. The van der Waals surface area contributed by atoms with E-state index in [4.69, 9.17) is 12.2 Å². The van der Waals surface area contributed by atoms with Crippen molar-refractivity contribution in [2.45, 2.75) is 6.42 Å². The van der Waals surface area contributed by atoms with E-state index in [-0.39, 0.29) is 5.91 Å². The van der Waals surface area contributed by atoms with Crippen LogP contribution in [0.25, 0.3) is 0 Å². The average molecular weight is 308 g/mol. The van der Waals surface area contributed by atoms with E-state index in [1.165, 1.54) is 0 Å². The Balaban J connectivity index is 2.41. The zero-order chi connectivity index (χ0) is 15.8. The third kappa shape index (κ3) is 6.55. The molecule has 1 rings (SSSR count). The fourth-order valence-corrected chi connectivity index (χ4v) is 1.95. The molecule has 0 saturated carbocycles. The van der Waals surface area contributed by atoms with E-state index in [0.717, 1.165) is 25.2 Å². The zero-order valence-corrected chi connectivity index (χ0v) is 14.0. The van der Waals surface area contributed by atoms with E-state index in [9.17, 15) is 4.79 Å². The standard InChI is InChI=1S/C15H24N4OS/c1-18(2)11-5-10-16-15(21)17-13-8-6-12(7-9-13)14(20)19(3)4/h6-9H,5,10-11H2,1-4H3,(H2,16,17,21). The van der Waals surface area contributed by atoms with Crippen LogP contribution in [0.5, 0.6) is 0 Å². The summed E-state index contributed by atoms with van der Waals surface area (Å²) in [5.41, 5.74) is 1.53. The van der Waals surface area contributed by atoms with Crippen LogP contribution in [0.1, 0.15) is 16.8 Å². The topological polar surface area (TPSA) is 47.6 Å². The molecule has 21 heavy (non-hydrogen) atoms. The lowest BCUT2D eigenvalue weighted by molar-refractivity contribution is 0.0827. The molecule has 0 saturated heterocycles. The molecule has 0 aromatic heterocycles. The quantitative estimate of drug-likeness (QED) is 0.618. The first-order valence-electron chi connectivity index (χ1n) is 6.91. The second-order valence-corrected chi connectivity index (χ2v) is 5.72. The number of carbonyl (C=O) groups is 1. The predicted octanol–water partition coefficient (Wildman–Crippen LogP) is 1.63. The highest BCUT2D eigenvalue weighted by Gasteiger charge is 2.07. The van der Waals surface area contributed by atoms with Crippen LogP contribution in [0.3, 0.4) is 0 Å². The second-order valence-electron chi connectivity index (χ2n) is 5.31. The Hall–Kier alpha value is -1.66. The summed E-state index contributed by atoms with van der Waals surface area (Å²) < 4.78 is 0. The van der Waals surface area contributed by atoms with E-state index < -0.39 is 0 Å². The van der Waals surface area contributed by atoms with Gasteiger partial charge in [0, 0.05) is 31.9 Å². The van der Waals surface area contributed by atoms with Crippen LogP contribution in [0.2, 0.25) is 0 Å². The molecule has 5 nitrogen and oxygen atoms in total. The molecule has 0 aliphatic rings. The summed E-state index contributed by atoms with van der Waals surface area (Å²) in [7, 11) is 7.57. The van der Waals surface area contributed by atoms with Gasteiger partial charge in [0.2, 0.25) is 0 Å². The Kier molecular flexibility index (Phi) is 7.11. The van der Waals surface area contributed by atoms with Crippen molar-refractivity contribution in [3.05, 3.63) is 29.8 Å². The van der Waals surface area contributed by atoms with Gasteiger partial charge in [0.1, 0.15) is 0 Å². The van der Waals surface area contributed by atoms with Gasteiger partial charge in [-0.1, -0.05) is 0 Å². The van der Waals surface area contributed by atoms with Gasteiger partial charge in [-0.15, -0.1) is 0 Å². The number of hydrogen-bond donors (Lipinski definition) is 2. The number of anilines is 1. The van der Waals surface area contributed by atoms with Crippen molar-refractivity contribution in [3.63, 3.8) is 0 Å². The lowest BCUT2D eigenvalue weighted by atomic mass is 10.2. The van der Waals surface area contributed by atoms with Gasteiger partial charge in [-0.25, -0.2) is 0 Å². The Labute approximate surface area is 132 Å². The minimum atomic E-state index is -0.00839. The van der Waals surface area contributed by atoms with Gasteiger partial charge in [-0.3, -0.25) is 4.79 Å². The van der Waals surface area contributed by atoms with Crippen LogP contribution >= 0.6 is 12.2 Å². The zero-order valence-electron chi connectivity index (χ0n) is 13.1. The van der Waals surface area contributed by atoms with Crippen molar-refractivity contribution in [2.75, 3.05) is 46.6 Å². The van der Waals surface area contributed by atoms with Crippen molar-refractivity contribution >= 4 is 28.9 Å². The molecule has 116 valence electrons. The lowest BCUT2D eigenvalue weighted by Crippen LogP contribution is -2.30. The van der Waals surface area contributed by atoms with Gasteiger partial charge in [-0.05, 0) is 63.5 Å². The molecule has 0 atom stereocenters. The van der Waals surface area contributed by atoms with E-state index in [1.54, 1.807) is 31.1 Å². The van der Waals surface area contributed by atoms with Gasteiger partial charge < -0.3 is 20.4 Å². The number of benzene rings is 1. The van der Waals surface area contributed by atoms with Crippen molar-refractivity contribution < 1.29 is 4.79 Å². The molecule has 0 bridgehead atoms. The summed E-state index contributed by atoms with van der Waals surface area (Å²) in [6.45, 7) is 1.86. The minimum absolute atomic E-state index is 0.00839. The number of rotatable bonds is 6. The normalized spacial score (nSPS) is 10.3. The fourth-order valence-electron chi connectivity index (χ4n) is 1.73. The summed E-state index contributed by atoms with van der Waals surface area (Å²) in [5.74, 6) is -0.00839. The van der Waals surface area contributed by atoms with Crippen LogP contribution in [0, 0.1) is 0 Å². The highest BCUT2D eigenvalue weighted by Crippen LogP contribution is 2.10. The lowest BCUT2D eigenvalue weighted by Gasteiger charge is -2.13. The first-order chi connectivity index (χ1) is 9.90. The van der Waals surface area contributed by atoms with E-state index in [1.807, 2.05) is 26.2 Å². The van der Waals surface area contributed by atoms with E-state index in [0.29, 0.717) is 10.7 Å². The van der Waals surface area contributed by atoms with Crippen molar-refractivity contribution in [1.29, 1.82) is 0 Å². The maximum absolute atomic E-state index is 11.8. The Bertz CT molecular complexity index is 471. The molecule has 1 aromatic rings. The molecular weight excluding hydrogens is 284 g/mol. The van der Waals surface area contributed by atoms with Gasteiger partial charge in [-0.2, -0.15) is 0 Å². The van der Waals surface area contributed by atoms with Crippen LogP contribution in [-0.2, 0) is 0 Å². The molecule has 0 unspecified atom stereocenters. The first-order valence-corrected chi connectivity index (χ1v) is 7.32. The van der Waals surface area contributed by atoms with Gasteiger partial charge in [0.05, 0.1) is 0 Å². The summed E-state index contributed by atoms with van der Waals surface area (Å²) in [5, 5.41) is 6.87. The number of nitrogens with zero attached hydrogens (tertiary/aromatic N) is 2. The average Bonchev–Trinajstić information content (AvgIpc) is 2.43. The molecular formula is C15H24N4OS. The molecule has 0 fully saturated rings. The Morgan fingerprint density at radius 3 is 2.29 bits per heavy atom. The predicted molar refractivity (Wildman–Crippen MR) is 91.9 cm³/mol. The molecule has 2 N–H and O–H groups in total. The van der Waals surface area contributed by atoms with Crippen LogP contribution in [0.4, 0.5) is 5.69 Å². The number of amides is 1. The first kappa shape index (κ1) is 17.4. The molecule has 0 heterocycles. The SMILES string of the molecule is CN(C)CCCNC(=S)Nc1ccc(C(=O)N(C)C)cc1. The van der Waals surface area contributed by atoms with Crippen molar-refractivity contribution in [2.24, 2.45) is 0 Å². The number of nitrogens with one attached hydrogen (secondary N) is 2. The molecule has 6 heteroatoms. The molecule has 0 aliphatic carbocycles. The van der Waals surface area contributed by atoms with Gasteiger partial charge in [0.15, 0.2) is 5.11 Å². The van der Waals surface area contributed by atoms with Gasteiger partial charge >= 0.3 is 0 Å². The number of carbonyl (C=O) groups excluding carboxylic acids is 1. The Morgan fingerprint density at radius 1 is 1.14 bits per heavy atom. The minimum Gasteiger partial charge on any atom is -0.362 e. The largest absolute Gasteiger partial charge is 0.362 e. The van der Waals surface area contributed by atoms with Crippen LogP contribution < -0.4 is 10.6 Å². The van der Waals surface area contributed by atoms with Gasteiger partial charge in [0.25, 0.3) is 5.91 Å². The maximum atomic E-state index is 11.8. The molecule has 0 aliphatic heterocycles. The van der Waals surface area contributed by atoms with Crippen LogP contribution in [-0.4, -0.2) is 62.1 Å². The monoisotopic (exact) mass is 308 g/mol. The van der Waals surface area contributed by atoms with E-state index in [2.05, 4.69) is 15.5 Å². The van der Waals surface area contributed by atoms with E-state index >= 15 is 0 Å². The second kappa shape index (κ2) is 8.59. The number of hydrogen-bond acceptors (Lipinski definition) is 3. The van der Waals surface area contributed by atoms with Crippen molar-refractivity contribution in [1.82, 2.24) is 15.1 Å². The smallest absolute Gasteiger partial charge is 0.253 e. The molecule has 1 amide bonds. The number of thiocarbonyl (C=S) groups is 1. The summed E-state index contributed by atoms with van der Waals surface area (Å²) in [6, 6.07) is 7.29. The maximum Gasteiger partial charge on any atom is 0.253 e. The Morgan fingerprint density at radius 2 is 1.76 bits per heavy atom.